The van der Waals surface area contributed by atoms with E-state index in [0.29, 0.717) is 0 Å². The van der Waals surface area contributed by atoms with E-state index in [-0.39, 0.29) is 5.69 Å². The molecule has 0 amide bonds. The number of benzene rings is 2. The van der Waals surface area contributed by atoms with Crippen LogP contribution in [0.2, 0.25) is 0 Å². The third kappa shape index (κ3) is 4.91. The van der Waals surface area contributed by atoms with Crippen LogP contribution in [0.5, 0.6) is 0 Å². The van der Waals surface area contributed by atoms with E-state index >= 15 is 0 Å². The summed E-state index contributed by atoms with van der Waals surface area (Å²) in [4.78, 5) is 10.1. The Morgan fingerprint density at radius 3 is 1.76 bits per heavy atom. The lowest BCUT2D eigenvalue weighted by molar-refractivity contribution is -0.384. The zero-order valence-corrected chi connectivity index (χ0v) is 11.4. The Bertz CT molecular complexity index is 668. The van der Waals surface area contributed by atoms with Gasteiger partial charge in [-0.1, -0.05) is 66.8 Å². The molecular weight excluding hydrogens is 262 g/mol. The summed E-state index contributed by atoms with van der Waals surface area (Å²) < 4.78 is 0. The maximum absolute atomic E-state index is 10.5. The van der Waals surface area contributed by atoms with Crippen LogP contribution in [0.3, 0.4) is 0 Å². The summed E-state index contributed by atoms with van der Waals surface area (Å²) in [6.45, 7) is 0. The van der Waals surface area contributed by atoms with Gasteiger partial charge >= 0.3 is 0 Å². The maximum Gasteiger partial charge on any atom is 0.269 e. The van der Waals surface area contributed by atoms with E-state index in [9.17, 15) is 10.1 Å². The van der Waals surface area contributed by atoms with Crippen molar-refractivity contribution < 1.29 is 4.92 Å². The molecular formula is C18H15NO2. The van der Waals surface area contributed by atoms with Gasteiger partial charge in [0.1, 0.15) is 0 Å². The zero-order valence-electron chi connectivity index (χ0n) is 11.4. The first kappa shape index (κ1) is 14.5. The number of hydrogen-bond acceptors (Lipinski definition) is 2. The molecule has 0 atom stereocenters. The average Bonchev–Trinajstić information content (AvgIpc) is 2.52. The second-order valence-corrected chi connectivity index (χ2v) is 4.36. The number of nitrogens with zero attached hydrogens (tertiary/aromatic N) is 1. The second-order valence-electron chi connectivity index (χ2n) is 4.36. The van der Waals surface area contributed by atoms with Crippen LogP contribution in [0, 0.1) is 10.1 Å². The maximum atomic E-state index is 10.5. The third-order valence-corrected chi connectivity index (χ3v) is 2.81. The predicted octanol–water partition coefficient (Wildman–Crippen LogP) is 4.88. The molecule has 0 aromatic heterocycles. The van der Waals surface area contributed by atoms with Crippen molar-refractivity contribution in [1.29, 1.82) is 0 Å². The second kappa shape index (κ2) is 7.60. The van der Waals surface area contributed by atoms with Crippen molar-refractivity contribution in [2.24, 2.45) is 0 Å². The molecule has 0 bridgehead atoms. The van der Waals surface area contributed by atoms with Crippen molar-refractivity contribution in [1.82, 2.24) is 0 Å². The number of rotatable bonds is 5. The molecule has 0 spiro atoms. The number of nitro groups is 1. The SMILES string of the molecule is O=[N+]([O-])c1ccc(/C=C/C=C\C=C/c2ccccc2)cc1. The van der Waals surface area contributed by atoms with Gasteiger partial charge in [0.15, 0.2) is 0 Å². The van der Waals surface area contributed by atoms with Crippen LogP contribution in [0.1, 0.15) is 11.1 Å². The van der Waals surface area contributed by atoms with Gasteiger partial charge in [0.05, 0.1) is 4.92 Å². The highest BCUT2D eigenvalue weighted by molar-refractivity contribution is 5.54. The summed E-state index contributed by atoms with van der Waals surface area (Å²) in [5.74, 6) is 0. The van der Waals surface area contributed by atoms with Crippen LogP contribution in [0.15, 0.2) is 78.9 Å². The molecule has 0 saturated carbocycles. The number of non-ortho nitro benzene ring substituents is 1. The van der Waals surface area contributed by atoms with Gasteiger partial charge in [-0.2, -0.15) is 0 Å². The van der Waals surface area contributed by atoms with Gasteiger partial charge in [0, 0.05) is 12.1 Å². The highest BCUT2D eigenvalue weighted by atomic mass is 16.6. The van der Waals surface area contributed by atoms with Gasteiger partial charge in [-0.3, -0.25) is 10.1 Å². The van der Waals surface area contributed by atoms with Gasteiger partial charge in [0.2, 0.25) is 0 Å². The Hall–Kier alpha value is -2.94. The van der Waals surface area contributed by atoms with Crippen LogP contribution in [0.4, 0.5) is 5.69 Å². The molecule has 2 aromatic rings. The van der Waals surface area contributed by atoms with Crippen molar-refractivity contribution in [3.63, 3.8) is 0 Å². The Labute approximate surface area is 123 Å². The average molecular weight is 277 g/mol. The van der Waals surface area contributed by atoms with Crippen molar-refractivity contribution >= 4 is 17.8 Å². The summed E-state index contributed by atoms with van der Waals surface area (Å²) in [7, 11) is 0. The smallest absolute Gasteiger partial charge is 0.258 e. The van der Waals surface area contributed by atoms with Crippen LogP contribution in [-0.2, 0) is 0 Å². The standard InChI is InChI=1S/C18H15NO2/c20-19(21)18-14-12-17(13-15-18)11-5-2-1-4-8-16-9-6-3-7-10-16/h1-15H/b2-1-,8-4-,11-5+. The summed E-state index contributed by atoms with van der Waals surface area (Å²) >= 11 is 0. The minimum Gasteiger partial charge on any atom is -0.258 e. The molecule has 0 N–H and O–H groups in total. The Kier molecular flexibility index (Phi) is 5.24. The summed E-state index contributed by atoms with van der Waals surface area (Å²) in [6, 6.07) is 16.5. The largest absolute Gasteiger partial charge is 0.269 e. The molecule has 0 aliphatic heterocycles. The van der Waals surface area contributed by atoms with Crippen LogP contribution < -0.4 is 0 Å². The fourth-order valence-electron chi connectivity index (χ4n) is 1.73. The Morgan fingerprint density at radius 1 is 0.714 bits per heavy atom. The first-order valence-corrected chi connectivity index (χ1v) is 6.56. The van der Waals surface area contributed by atoms with Gasteiger partial charge < -0.3 is 0 Å². The molecule has 0 unspecified atom stereocenters. The van der Waals surface area contributed by atoms with Gasteiger partial charge in [-0.05, 0) is 23.3 Å². The zero-order chi connectivity index (χ0) is 14.9. The first-order valence-electron chi connectivity index (χ1n) is 6.56. The molecule has 0 heterocycles. The van der Waals surface area contributed by atoms with Crippen molar-refractivity contribution in [3.05, 3.63) is 100 Å². The Morgan fingerprint density at radius 2 is 1.24 bits per heavy atom. The summed E-state index contributed by atoms with van der Waals surface area (Å²) in [6.07, 6.45) is 11.6. The normalized spacial score (nSPS) is 11.6. The lowest BCUT2D eigenvalue weighted by Gasteiger charge is -1.92. The van der Waals surface area contributed by atoms with Crippen LogP contribution in [-0.4, -0.2) is 4.92 Å². The highest BCUT2D eigenvalue weighted by Crippen LogP contribution is 2.12. The minimum absolute atomic E-state index is 0.105. The van der Waals surface area contributed by atoms with Crippen LogP contribution in [0.25, 0.3) is 12.2 Å². The summed E-state index contributed by atoms with van der Waals surface area (Å²) in [5, 5.41) is 10.5. The molecule has 2 aromatic carbocycles. The fraction of sp³-hybridized carbons (Fsp3) is 0. The van der Waals surface area contributed by atoms with Crippen molar-refractivity contribution in [3.8, 4) is 0 Å². The van der Waals surface area contributed by atoms with E-state index in [1.807, 2.05) is 66.8 Å². The van der Waals surface area contributed by atoms with E-state index in [0.717, 1.165) is 11.1 Å². The molecule has 3 nitrogen and oxygen atoms in total. The van der Waals surface area contributed by atoms with E-state index in [2.05, 4.69) is 0 Å². The van der Waals surface area contributed by atoms with E-state index < -0.39 is 4.92 Å². The number of hydrogen-bond donors (Lipinski definition) is 0. The highest BCUT2D eigenvalue weighted by Gasteiger charge is 2.01. The quantitative estimate of drug-likeness (QED) is 0.444. The molecule has 0 saturated heterocycles. The van der Waals surface area contributed by atoms with Gasteiger partial charge in [-0.25, -0.2) is 0 Å². The lowest BCUT2D eigenvalue weighted by Crippen LogP contribution is -1.86. The first-order chi connectivity index (χ1) is 10.3. The van der Waals surface area contributed by atoms with Gasteiger partial charge in [-0.15, -0.1) is 0 Å². The van der Waals surface area contributed by atoms with Crippen molar-refractivity contribution in [2.45, 2.75) is 0 Å². The fourth-order valence-corrected chi connectivity index (χ4v) is 1.73. The third-order valence-electron chi connectivity index (χ3n) is 2.81. The predicted molar refractivity (Wildman–Crippen MR) is 86.7 cm³/mol. The molecule has 0 radical (unpaired) electrons. The molecule has 0 fully saturated rings. The number of nitro benzene ring substituents is 1. The van der Waals surface area contributed by atoms with Crippen LogP contribution >= 0.6 is 0 Å². The molecule has 2 rings (SSSR count). The van der Waals surface area contributed by atoms with Crippen molar-refractivity contribution in [2.75, 3.05) is 0 Å². The number of allylic oxidation sites excluding steroid dienone is 4. The molecule has 104 valence electrons. The van der Waals surface area contributed by atoms with E-state index in [1.54, 1.807) is 12.1 Å². The van der Waals surface area contributed by atoms with E-state index in [4.69, 9.17) is 0 Å². The molecule has 3 heteroatoms. The lowest BCUT2D eigenvalue weighted by atomic mass is 10.2. The monoisotopic (exact) mass is 277 g/mol. The summed E-state index contributed by atoms with van der Waals surface area (Å²) in [5.41, 5.74) is 2.19. The molecule has 21 heavy (non-hydrogen) atoms. The van der Waals surface area contributed by atoms with E-state index in [1.165, 1.54) is 12.1 Å². The molecule has 0 aliphatic carbocycles. The molecule has 0 aliphatic rings. The van der Waals surface area contributed by atoms with Gasteiger partial charge in [0.25, 0.3) is 5.69 Å². The minimum atomic E-state index is -0.401. The topological polar surface area (TPSA) is 43.1 Å². The Balaban J connectivity index is 1.88.